The number of aryl methyl sites for hydroxylation is 1. The monoisotopic (exact) mass is 691 g/mol. The van der Waals surface area contributed by atoms with Crippen LogP contribution in [0.1, 0.15) is 31.9 Å². The van der Waals surface area contributed by atoms with Crippen LogP contribution in [0.3, 0.4) is 0 Å². The molecule has 244 valence electrons. The summed E-state index contributed by atoms with van der Waals surface area (Å²) >= 11 is 0. The smallest absolute Gasteiger partial charge is 0.339 e. The van der Waals surface area contributed by atoms with E-state index in [1.165, 1.54) is 12.1 Å². The molecule has 0 aromatic heterocycles. The molecule has 0 fully saturated rings. The fourth-order valence-corrected chi connectivity index (χ4v) is 11.0. The molecule has 0 unspecified atom stereocenters. The average Bonchev–Trinajstić information content (AvgIpc) is 3.04. The normalized spacial score (nSPS) is 12.8. The molecule has 0 heterocycles. The van der Waals surface area contributed by atoms with Gasteiger partial charge >= 0.3 is 25.9 Å². The summed E-state index contributed by atoms with van der Waals surface area (Å²) in [5.74, 6) is -0.642. The minimum Gasteiger partial charge on any atom is -0.372 e. The molecular weight excluding hydrogens is 659 g/mol. The highest BCUT2D eigenvalue weighted by Gasteiger charge is 2.39. The highest BCUT2D eigenvalue weighted by molar-refractivity contribution is 8.33. The summed E-state index contributed by atoms with van der Waals surface area (Å²) in [6.45, 7) is 7.99. The molecular formula is C35H33NO8S3. The van der Waals surface area contributed by atoms with Crippen molar-refractivity contribution in [3.8, 4) is 5.75 Å². The van der Waals surface area contributed by atoms with Crippen LogP contribution in [0.4, 0.5) is 5.69 Å². The van der Waals surface area contributed by atoms with Crippen LogP contribution < -0.4 is 4.18 Å². The van der Waals surface area contributed by atoms with Crippen molar-refractivity contribution in [3.05, 3.63) is 149 Å². The van der Waals surface area contributed by atoms with Crippen LogP contribution in [0, 0.1) is 17.0 Å². The molecule has 0 saturated heterocycles. The molecule has 0 aliphatic carbocycles. The van der Waals surface area contributed by atoms with E-state index in [4.69, 9.17) is 7.81 Å². The van der Waals surface area contributed by atoms with E-state index in [1.807, 2.05) is 36.4 Å². The van der Waals surface area contributed by atoms with Gasteiger partial charge in [-0.2, -0.15) is 16.8 Å². The molecule has 0 N–H and O–H groups in total. The lowest BCUT2D eigenvalue weighted by Crippen LogP contribution is -2.16. The van der Waals surface area contributed by atoms with Crippen molar-refractivity contribution in [3.63, 3.8) is 0 Å². The van der Waals surface area contributed by atoms with E-state index in [9.17, 15) is 26.9 Å². The van der Waals surface area contributed by atoms with Crippen LogP contribution in [-0.4, -0.2) is 21.8 Å². The molecule has 0 amide bonds. The summed E-state index contributed by atoms with van der Waals surface area (Å²) in [6.07, 6.45) is 0. The summed E-state index contributed by atoms with van der Waals surface area (Å²) in [4.78, 5) is 12.2. The molecule has 0 aliphatic rings. The summed E-state index contributed by atoms with van der Waals surface area (Å²) in [5, 5.41) is 12.1. The minimum absolute atomic E-state index is 0.168. The lowest BCUT2D eigenvalue weighted by molar-refractivity contribution is -0.385. The molecule has 47 heavy (non-hydrogen) atoms. The van der Waals surface area contributed by atoms with Crippen LogP contribution in [0.5, 0.6) is 5.75 Å². The Bertz CT molecular complexity index is 2070. The van der Waals surface area contributed by atoms with Crippen molar-refractivity contribution < 1.29 is 29.6 Å². The van der Waals surface area contributed by atoms with Crippen molar-refractivity contribution in [2.75, 3.05) is 0 Å². The van der Waals surface area contributed by atoms with E-state index >= 15 is 0 Å². The van der Waals surface area contributed by atoms with Gasteiger partial charge in [0.25, 0.3) is 0 Å². The van der Waals surface area contributed by atoms with E-state index in [2.05, 4.69) is 20.8 Å². The van der Waals surface area contributed by atoms with Gasteiger partial charge in [0.2, 0.25) is 5.75 Å². The van der Waals surface area contributed by atoms with E-state index in [0.29, 0.717) is 14.7 Å². The zero-order chi connectivity index (χ0) is 34.0. The van der Waals surface area contributed by atoms with E-state index in [0.717, 1.165) is 29.3 Å². The van der Waals surface area contributed by atoms with Crippen LogP contribution in [-0.2, 0) is 29.3 Å². The van der Waals surface area contributed by atoms with Crippen molar-refractivity contribution in [2.24, 2.45) is 0 Å². The van der Waals surface area contributed by atoms with Crippen molar-refractivity contribution in [2.45, 2.75) is 57.6 Å². The Hall–Kier alpha value is -4.49. The van der Waals surface area contributed by atoms with Gasteiger partial charge in [0.15, 0.2) is 0 Å². The summed E-state index contributed by atoms with van der Waals surface area (Å²) in [5.41, 5.74) is 0.808. The molecule has 0 saturated carbocycles. The molecule has 0 aliphatic heterocycles. The van der Waals surface area contributed by atoms with Crippen molar-refractivity contribution in [1.29, 1.82) is 0 Å². The lowest BCUT2D eigenvalue weighted by atomic mass is 9.87. The van der Waals surface area contributed by atoms with Crippen LogP contribution in [0.25, 0.3) is 0 Å². The molecule has 5 aromatic rings. The highest BCUT2D eigenvalue weighted by atomic mass is 32.3. The van der Waals surface area contributed by atoms with Crippen molar-refractivity contribution >= 4 is 36.2 Å². The van der Waals surface area contributed by atoms with Gasteiger partial charge in [-0.1, -0.05) is 87.0 Å². The Morgan fingerprint density at radius 1 is 0.596 bits per heavy atom. The van der Waals surface area contributed by atoms with E-state index < -0.39 is 51.8 Å². The van der Waals surface area contributed by atoms with Gasteiger partial charge in [-0.05, 0) is 88.9 Å². The molecule has 5 rings (SSSR count). The molecule has 0 spiro atoms. The number of nitro benzene ring substituents is 1. The Balaban J connectivity index is 1.65. The van der Waals surface area contributed by atoms with Gasteiger partial charge in [0.1, 0.15) is 9.79 Å². The Kier molecular flexibility index (Phi) is 9.33. The quantitative estimate of drug-likeness (QED) is 0.0809. The third kappa shape index (κ3) is 7.10. The predicted octanol–water partition coefficient (Wildman–Crippen LogP) is 8.57. The third-order valence-corrected chi connectivity index (χ3v) is 13.7. The molecule has 9 nitrogen and oxygen atoms in total. The molecule has 0 atom stereocenters. The second-order valence-electron chi connectivity index (χ2n) is 11.7. The zero-order valence-electron chi connectivity index (χ0n) is 26.1. The predicted molar refractivity (Wildman–Crippen MR) is 181 cm³/mol. The fourth-order valence-electron chi connectivity index (χ4n) is 4.81. The Morgan fingerprint density at radius 2 is 1.06 bits per heavy atom. The maximum absolute atomic E-state index is 14.2. The molecule has 0 bridgehead atoms. The van der Waals surface area contributed by atoms with E-state index in [1.54, 1.807) is 67.6 Å². The fraction of sp³-hybridized carbons (Fsp3) is 0.143. The number of rotatable bonds is 10. The number of nitro groups is 1. The number of hydrogen-bond acceptors (Lipinski definition) is 8. The first-order chi connectivity index (χ1) is 22.1. The first-order valence-electron chi connectivity index (χ1n) is 14.4. The standard InChI is InChI=1S/C35H33NO8S3/c1-26-15-19-31(20-16-26)46(39,40)43-34-24-23-32(25-33(34)36(37)38)47(41,42)44-45(28-11-7-5-8-12-28,29-13-9-6-10-14-29)30-21-17-27(18-22-30)35(2,3)4/h5-25H,1-4H3. The first-order valence-corrected chi connectivity index (χ1v) is 18.8. The third-order valence-electron chi connectivity index (χ3n) is 7.32. The topological polar surface area (TPSA) is 130 Å². The van der Waals surface area contributed by atoms with E-state index in [-0.39, 0.29) is 10.3 Å². The molecule has 0 radical (unpaired) electrons. The van der Waals surface area contributed by atoms with Gasteiger partial charge in [-0.25, -0.2) is 3.63 Å². The zero-order valence-corrected chi connectivity index (χ0v) is 28.5. The first kappa shape index (κ1) is 33.9. The highest BCUT2D eigenvalue weighted by Crippen LogP contribution is 2.70. The maximum Gasteiger partial charge on any atom is 0.339 e. The van der Waals surface area contributed by atoms with Crippen LogP contribution >= 0.6 is 10.3 Å². The van der Waals surface area contributed by atoms with Crippen LogP contribution in [0.15, 0.2) is 152 Å². The number of nitrogens with zero attached hydrogens (tertiary/aromatic N) is 1. The maximum atomic E-state index is 14.2. The summed E-state index contributed by atoms with van der Waals surface area (Å²) < 4.78 is 65.8. The largest absolute Gasteiger partial charge is 0.372 e. The number of hydrogen-bond donors (Lipinski definition) is 0. The molecule has 12 heteroatoms. The van der Waals surface area contributed by atoms with Gasteiger partial charge in [-0.15, -0.1) is 0 Å². The summed E-state index contributed by atoms with van der Waals surface area (Å²) in [7, 11) is -12.2. The Labute approximate surface area is 276 Å². The SMILES string of the molecule is Cc1ccc(S(=O)(=O)Oc2ccc(S(=O)(=O)OS(c3ccccc3)(c3ccccc3)c3ccc(C(C)(C)C)cc3)cc2[N+](=O)[O-])cc1. The number of benzene rings is 5. The average molecular weight is 692 g/mol. The van der Waals surface area contributed by atoms with Crippen molar-refractivity contribution in [1.82, 2.24) is 0 Å². The molecule has 5 aromatic carbocycles. The summed E-state index contributed by atoms with van der Waals surface area (Å²) in [6, 6.07) is 33.9. The van der Waals surface area contributed by atoms with Crippen LogP contribution in [0.2, 0.25) is 0 Å². The lowest BCUT2D eigenvalue weighted by Gasteiger charge is -2.39. The van der Waals surface area contributed by atoms with Gasteiger partial charge < -0.3 is 4.18 Å². The van der Waals surface area contributed by atoms with Gasteiger partial charge in [0.05, 0.1) is 4.92 Å². The second kappa shape index (κ2) is 13.0. The Morgan fingerprint density at radius 3 is 1.55 bits per heavy atom. The minimum atomic E-state index is -4.75. The second-order valence-corrected chi connectivity index (χ2v) is 17.7. The van der Waals surface area contributed by atoms with Gasteiger partial charge in [0, 0.05) is 20.8 Å². The van der Waals surface area contributed by atoms with Gasteiger partial charge in [-0.3, -0.25) is 10.1 Å².